The largest absolute Gasteiger partial charge is 0.506 e. The number of benzene rings is 2. The molecule has 0 saturated heterocycles. The molecule has 35 heavy (non-hydrogen) atoms. The van der Waals surface area contributed by atoms with E-state index < -0.39 is 18.2 Å². The molecule has 0 unspecified atom stereocenters. The molecule has 184 valence electrons. The van der Waals surface area contributed by atoms with Gasteiger partial charge in [-0.2, -0.15) is 13.2 Å². The molecule has 0 bridgehead atoms. The Hall–Kier alpha value is -3.46. The maximum atomic E-state index is 12.3. The van der Waals surface area contributed by atoms with Gasteiger partial charge in [-0.25, -0.2) is 0 Å². The maximum Gasteiger partial charge on any atom is 0.471 e. The first kappa shape index (κ1) is 26.2. The van der Waals surface area contributed by atoms with Crippen LogP contribution in [0.3, 0.4) is 0 Å². The number of halogens is 3. The molecule has 0 spiro atoms. The fourth-order valence-electron chi connectivity index (χ4n) is 3.28. The van der Waals surface area contributed by atoms with E-state index in [0.29, 0.717) is 36.0 Å². The van der Waals surface area contributed by atoms with Gasteiger partial charge in [0.2, 0.25) is 5.56 Å². The van der Waals surface area contributed by atoms with Gasteiger partial charge >= 0.3 is 12.1 Å². The second kappa shape index (κ2) is 11.8. The third-order valence-corrected chi connectivity index (χ3v) is 5.25. The summed E-state index contributed by atoms with van der Waals surface area (Å²) in [5.74, 6) is 3.85. The Morgan fingerprint density at radius 2 is 1.89 bits per heavy atom. The van der Waals surface area contributed by atoms with Gasteiger partial charge in [-0.15, -0.1) is 0 Å². The zero-order valence-electron chi connectivity index (χ0n) is 18.3. The van der Waals surface area contributed by atoms with E-state index in [9.17, 15) is 27.9 Å². The average Bonchev–Trinajstić information content (AvgIpc) is 2.82. The molecular weight excluding hydrogens is 483 g/mol. The molecule has 0 radical (unpaired) electrons. The van der Waals surface area contributed by atoms with Gasteiger partial charge in [0, 0.05) is 35.7 Å². The number of aromatic nitrogens is 1. The van der Waals surface area contributed by atoms with E-state index >= 15 is 0 Å². The van der Waals surface area contributed by atoms with E-state index in [0.717, 1.165) is 12.0 Å². The van der Waals surface area contributed by atoms with Crippen molar-refractivity contribution >= 4 is 35.4 Å². The summed E-state index contributed by atoms with van der Waals surface area (Å²) in [6.45, 7) is 1.07. The number of unbranched alkanes of at least 4 members (excludes halogenated alkanes) is 1. The summed E-state index contributed by atoms with van der Waals surface area (Å²) < 4.78 is 42.1. The molecule has 0 aliphatic heterocycles. The highest BCUT2D eigenvalue weighted by molar-refractivity contribution is 7.75. The van der Waals surface area contributed by atoms with Gasteiger partial charge < -0.3 is 24.9 Å². The summed E-state index contributed by atoms with van der Waals surface area (Å²) in [5.41, 5.74) is 1.42. The zero-order chi connectivity index (χ0) is 25.4. The van der Waals surface area contributed by atoms with Crippen molar-refractivity contribution in [3.05, 3.63) is 70.0 Å². The van der Waals surface area contributed by atoms with E-state index in [1.807, 2.05) is 0 Å². The lowest BCUT2D eigenvalue weighted by Gasteiger charge is -2.18. The van der Waals surface area contributed by atoms with Crippen LogP contribution in [0.15, 0.2) is 53.3 Å². The van der Waals surface area contributed by atoms with Crippen molar-refractivity contribution in [3.63, 3.8) is 0 Å². The first-order valence-corrected chi connectivity index (χ1v) is 10.9. The quantitative estimate of drug-likeness (QED) is 0.138. The molecular formula is C24H22F3N3O4S. The molecule has 7 nitrogen and oxygen atoms in total. The van der Waals surface area contributed by atoms with E-state index in [1.54, 1.807) is 17.4 Å². The van der Waals surface area contributed by atoms with Crippen molar-refractivity contribution < 1.29 is 27.3 Å². The smallest absolute Gasteiger partial charge is 0.471 e. The van der Waals surface area contributed by atoms with Crippen LogP contribution in [0.4, 0.5) is 18.9 Å². The van der Waals surface area contributed by atoms with Crippen LogP contribution in [0.25, 0.3) is 10.9 Å². The van der Waals surface area contributed by atoms with Crippen molar-refractivity contribution in [1.29, 1.82) is 0 Å². The van der Waals surface area contributed by atoms with Crippen LogP contribution < -0.4 is 16.2 Å². The first-order chi connectivity index (χ1) is 16.7. The van der Waals surface area contributed by atoms with Gasteiger partial charge in [-0.1, -0.05) is 17.9 Å². The number of amides is 1. The molecule has 3 rings (SSSR count). The van der Waals surface area contributed by atoms with Crippen LogP contribution in [0, 0.1) is 11.8 Å². The summed E-state index contributed by atoms with van der Waals surface area (Å²) >= 11 is 3.96. The molecule has 0 saturated carbocycles. The molecule has 11 heteroatoms. The number of aromatic hydroxyl groups is 1. The third kappa shape index (κ3) is 7.26. The fourth-order valence-corrected chi connectivity index (χ4v) is 3.47. The van der Waals surface area contributed by atoms with Crippen molar-refractivity contribution in [2.75, 3.05) is 18.4 Å². The Morgan fingerprint density at radius 3 is 2.57 bits per heavy atom. The summed E-state index contributed by atoms with van der Waals surface area (Å²) in [6, 6.07) is 12.0. The normalized spacial score (nSPS) is 12.1. The second-order valence-corrected chi connectivity index (χ2v) is 7.73. The summed E-state index contributed by atoms with van der Waals surface area (Å²) in [4.78, 5) is 25.1. The van der Waals surface area contributed by atoms with E-state index in [1.165, 1.54) is 36.4 Å². The minimum Gasteiger partial charge on any atom is -0.506 e. The number of thiol groups is 1. The molecule has 2 aromatic carbocycles. The fraction of sp³-hybridized carbons (Fsp3) is 0.250. The lowest BCUT2D eigenvalue weighted by Crippen LogP contribution is -2.29. The number of anilines is 1. The molecule has 1 atom stereocenters. The molecule has 0 aliphatic rings. The third-order valence-electron chi connectivity index (χ3n) is 5.00. The van der Waals surface area contributed by atoms with Gasteiger partial charge in [-0.3, -0.25) is 9.59 Å². The zero-order valence-corrected chi connectivity index (χ0v) is 19.2. The highest BCUT2D eigenvalue weighted by Crippen LogP contribution is 2.30. The van der Waals surface area contributed by atoms with Crippen LogP contribution >= 0.6 is 12.9 Å². The van der Waals surface area contributed by atoms with Gasteiger partial charge in [0.1, 0.15) is 11.9 Å². The van der Waals surface area contributed by atoms with E-state index in [2.05, 4.69) is 35.1 Å². The molecule has 1 amide bonds. The van der Waals surface area contributed by atoms with Crippen molar-refractivity contribution in [1.82, 2.24) is 10.3 Å². The molecule has 3 aromatic rings. The van der Waals surface area contributed by atoms with Crippen molar-refractivity contribution in [3.8, 4) is 17.6 Å². The average molecular weight is 506 g/mol. The van der Waals surface area contributed by atoms with Crippen LogP contribution in [0.5, 0.6) is 5.75 Å². The minimum absolute atomic E-state index is 0.0356. The number of fused-ring (bicyclic) bond motifs is 1. The standard InChI is InChI=1S/C24H22F3N3O4S/c25-24(26,27)23(33)29-16-7-5-15(6-8-16)4-2-1-3-13-28-14-20(34-35)17-9-11-19(31)22-18(17)10-12-21(32)30-22/h5-12,20,28,31,35H,1,3,13-14H2,(H,29,33)(H,30,32)/t20-/m0/s1. The lowest BCUT2D eigenvalue weighted by molar-refractivity contribution is -0.167. The minimum atomic E-state index is -4.94. The highest BCUT2D eigenvalue weighted by atomic mass is 32.1. The number of aromatic amines is 1. The SMILES string of the molecule is O=C(Nc1ccc(C#CCCCNC[C@H](OS)c2ccc(O)c3[nH]c(=O)ccc23)cc1)C(F)(F)F. The van der Waals surface area contributed by atoms with Crippen LogP contribution in [-0.4, -0.2) is 35.3 Å². The van der Waals surface area contributed by atoms with Crippen molar-refractivity contribution in [2.24, 2.45) is 0 Å². The Morgan fingerprint density at radius 1 is 1.14 bits per heavy atom. The van der Waals surface area contributed by atoms with Gasteiger partial charge in [0.05, 0.1) is 5.52 Å². The Kier molecular flexibility index (Phi) is 8.81. The number of carbonyl (C=O) groups excluding carboxylic acids is 1. The number of alkyl halides is 3. The number of carbonyl (C=O) groups is 1. The molecule has 0 fully saturated rings. The first-order valence-electron chi connectivity index (χ1n) is 10.5. The number of phenols is 1. The van der Waals surface area contributed by atoms with Crippen LogP contribution in [-0.2, 0) is 8.98 Å². The predicted octanol–water partition coefficient (Wildman–Crippen LogP) is 4.06. The lowest BCUT2D eigenvalue weighted by atomic mass is 10.0. The van der Waals surface area contributed by atoms with E-state index in [4.69, 9.17) is 4.18 Å². The van der Waals surface area contributed by atoms with E-state index in [-0.39, 0.29) is 17.0 Å². The number of H-pyrrole nitrogens is 1. The Labute approximate surface area is 204 Å². The number of hydrogen-bond acceptors (Lipinski definition) is 6. The number of pyridine rings is 1. The number of phenolic OH excluding ortho intramolecular Hbond substituents is 1. The van der Waals surface area contributed by atoms with Crippen LogP contribution in [0.1, 0.15) is 30.1 Å². The second-order valence-electron chi connectivity index (χ2n) is 7.52. The molecule has 0 aliphatic carbocycles. The number of rotatable bonds is 8. The summed E-state index contributed by atoms with van der Waals surface area (Å²) in [6.07, 6.45) is -4.07. The monoisotopic (exact) mass is 505 g/mol. The molecule has 1 aromatic heterocycles. The van der Waals surface area contributed by atoms with Gasteiger partial charge in [-0.05, 0) is 67.8 Å². The molecule has 4 N–H and O–H groups in total. The topological polar surface area (TPSA) is 103 Å². The number of nitrogens with one attached hydrogen (secondary N) is 3. The number of hydrogen-bond donors (Lipinski definition) is 5. The van der Waals surface area contributed by atoms with Crippen LogP contribution in [0.2, 0.25) is 0 Å². The summed E-state index contributed by atoms with van der Waals surface area (Å²) in [7, 11) is 0. The van der Waals surface area contributed by atoms with Gasteiger partial charge in [0.25, 0.3) is 0 Å². The van der Waals surface area contributed by atoms with Crippen molar-refractivity contribution in [2.45, 2.75) is 25.1 Å². The maximum absolute atomic E-state index is 12.3. The molecule has 1 heterocycles. The highest BCUT2D eigenvalue weighted by Gasteiger charge is 2.38. The Bertz CT molecular complexity index is 1300. The Balaban J connectivity index is 1.47. The van der Waals surface area contributed by atoms with Gasteiger partial charge in [0.15, 0.2) is 0 Å². The summed E-state index contributed by atoms with van der Waals surface area (Å²) in [5, 5.41) is 15.7. The predicted molar refractivity (Wildman–Crippen MR) is 129 cm³/mol.